The van der Waals surface area contributed by atoms with Crippen molar-refractivity contribution in [1.29, 1.82) is 5.39 Å². The molecule has 0 spiro atoms. The average molecular weight is 188 g/mol. The first kappa shape index (κ1) is 9.01. The number of benzene rings is 1. The molecule has 1 heterocycles. The molecule has 0 atom stereocenters. The van der Waals surface area contributed by atoms with Crippen LogP contribution in [0.25, 0.3) is 4.98 Å². The van der Waals surface area contributed by atoms with Crippen LogP contribution in [0, 0.1) is 12.3 Å². The quantitative estimate of drug-likeness (QED) is 0.634. The van der Waals surface area contributed by atoms with E-state index in [2.05, 4.69) is 16.8 Å². The maximum Gasteiger partial charge on any atom is 0.385 e. The fraction of sp³-hybridized carbons (Fsp3) is 0.455. The molecule has 1 aliphatic rings. The van der Waals surface area contributed by atoms with E-state index in [0.29, 0.717) is 5.69 Å². The second kappa shape index (κ2) is 3.67. The first-order chi connectivity index (χ1) is 6.81. The van der Waals surface area contributed by atoms with Crippen LogP contribution in [0.1, 0.15) is 18.4 Å². The largest absolute Gasteiger partial charge is 0.385 e. The molecule has 0 saturated carbocycles. The van der Waals surface area contributed by atoms with Gasteiger partial charge in [-0.1, -0.05) is 0 Å². The Labute approximate surface area is 84.0 Å². The summed E-state index contributed by atoms with van der Waals surface area (Å²) in [5.74, 6) is 0. The molecule has 0 bridgehead atoms. The van der Waals surface area contributed by atoms with E-state index in [1.165, 1.54) is 24.1 Å². The second-order valence-electron chi connectivity index (χ2n) is 3.76. The summed E-state index contributed by atoms with van der Waals surface area (Å²) >= 11 is 0. The van der Waals surface area contributed by atoms with Crippen LogP contribution in [0.4, 0.5) is 11.4 Å². The zero-order valence-corrected chi connectivity index (χ0v) is 8.40. The molecule has 1 fully saturated rings. The van der Waals surface area contributed by atoms with Gasteiger partial charge in [0.05, 0.1) is 0 Å². The molecule has 0 N–H and O–H groups in total. The van der Waals surface area contributed by atoms with Crippen LogP contribution in [0.15, 0.2) is 18.2 Å². The fourth-order valence-corrected chi connectivity index (χ4v) is 2.01. The topological polar surface area (TPSA) is 31.4 Å². The lowest BCUT2D eigenvalue weighted by Gasteiger charge is -2.19. The summed E-state index contributed by atoms with van der Waals surface area (Å²) in [5.41, 5.74) is 3.09. The predicted molar refractivity (Wildman–Crippen MR) is 57.4 cm³/mol. The number of hydrogen-bond donors (Lipinski definition) is 0. The number of hydrogen-bond acceptors (Lipinski definition) is 2. The Hall–Kier alpha value is -1.56. The van der Waals surface area contributed by atoms with Crippen molar-refractivity contribution in [1.82, 2.24) is 0 Å². The maximum absolute atomic E-state index is 8.63. The summed E-state index contributed by atoms with van der Waals surface area (Å²) in [6.45, 7) is 4.36. The van der Waals surface area contributed by atoms with Gasteiger partial charge in [0, 0.05) is 30.9 Å². The van der Waals surface area contributed by atoms with Gasteiger partial charge >= 0.3 is 5.69 Å². The van der Waals surface area contributed by atoms with Gasteiger partial charge in [-0.25, -0.2) is 0 Å². The molecule has 3 nitrogen and oxygen atoms in total. The Morgan fingerprint density at radius 1 is 1.29 bits per heavy atom. The summed E-state index contributed by atoms with van der Waals surface area (Å²) in [5, 5.41) is 8.63. The Balaban J connectivity index is 2.30. The number of diazo groups is 1. The summed E-state index contributed by atoms with van der Waals surface area (Å²) in [7, 11) is 0. The van der Waals surface area contributed by atoms with Crippen molar-refractivity contribution in [2.75, 3.05) is 18.0 Å². The van der Waals surface area contributed by atoms with Crippen LogP contribution >= 0.6 is 0 Å². The fourth-order valence-electron chi connectivity index (χ4n) is 2.01. The third-order valence-electron chi connectivity index (χ3n) is 2.74. The molecule has 3 heteroatoms. The molecule has 0 aliphatic carbocycles. The first-order valence-electron chi connectivity index (χ1n) is 5.02. The minimum absolute atomic E-state index is 0.630. The summed E-state index contributed by atoms with van der Waals surface area (Å²) in [6.07, 6.45) is 2.57. The molecule has 0 unspecified atom stereocenters. The van der Waals surface area contributed by atoms with Crippen LogP contribution in [-0.2, 0) is 0 Å². The molecule has 1 saturated heterocycles. The number of anilines is 1. The van der Waals surface area contributed by atoms with Crippen LogP contribution in [0.5, 0.6) is 0 Å². The Morgan fingerprint density at radius 3 is 2.57 bits per heavy atom. The zero-order valence-electron chi connectivity index (χ0n) is 8.40. The van der Waals surface area contributed by atoms with E-state index >= 15 is 0 Å². The van der Waals surface area contributed by atoms with Gasteiger partial charge in [-0.3, -0.25) is 0 Å². The molecule has 1 aromatic carbocycles. The van der Waals surface area contributed by atoms with Crippen molar-refractivity contribution in [2.24, 2.45) is 0 Å². The maximum atomic E-state index is 8.63. The van der Waals surface area contributed by atoms with Gasteiger partial charge < -0.3 is 4.90 Å². The highest BCUT2D eigenvalue weighted by Crippen LogP contribution is 2.27. The highest BCUT2D eigenvalue weighted by atomic mass is 15.1. The van der Waals surface area contributed by atoms with Crippen molar-refractivity contribution in [3.8, 4) is 0 Å². The van der Waals surface area contributed by atoms with E-state index in [1.54, 1.807) is 0 Å². The molecule has 0 amide bonds. The molecule has 0 radical (unpaired) electrons. The monoisotopic (exact) mass is 188 g/mol. The van der Waals surface area contributed by atoms with Crippen LogP contribution < -0.4 is 4.90 Å². The first-order valence-corrected chi connectivity index (χ1v) is 5.02. The lowest BCUT2D eigenvalue weighted by molar-refractivity contribution is 0.949. The van der Waals surface area contributed by atoms with Crippen LogP contribution in [0.3, 0.4) is 0 Å². The highest BCUT2D eigenvalue weighted by molar-refractivity contribution is 5.61. The molecule has 2 rings (SSSR count). The Kier molecular flexibility index (Phi) is 2.36. The minimum atomic E-state index is 0.630. The molecular formula is C11H14N3+. The summed E-state index contributed by atoms with van der Waals surface area (Å²) in [4.78, 5) is 5.57. The molecule has 1 aromatic rings. The molecule has 72 valence electrons. The third kappa shape index (κ3) is 1.56. The number of rotatable bonds is 1. The van der Waals surface area contributed by atoms with Gasteiger partial charge in [0.25, 0.3) is 0 Å². The van der Waals surface area contributed by atoms with E-state index in [9.17, 15) is 0 Å². The molecule has 14 heavy (non-hydrogen) atoms. The molecular weight excluding hydrogens is 174 g/mol. The van der Waals surface area contributed by atoms with Crippen LogP contribution in [0.2, 0.25) is 0 Å². The SMILES string of the molecule is Cc1cc([N+]#N)ccc1N1CCCC1. The summed E-state index contributed by atoms with van der Waals surface area (Å²) in [6, 6.07) is 5.80. The van der Waals surface area contributed by atoms with Gasteiger partial charge in [-0.15, -0.1) is 0 Å². The molecule has 0 aromatic heterocycles. The van der Waals surface area contributed by atoms with E-state index in [4.69, 9.17) is 5.39 Å². The van der Waals surface area contributed by atoms with Crippen LogP contribution in [-0.4, -0.2) is 13.1 Å². The lowest BCUT2D eigenvalue weighted by atomic mass is 10.1. The zero-order chi connectivity index (χ0) is 9.97. The molecule has 1 aliphatic heterocycles. The third-order valence-corrected chi connectivity index (χ3v) is 2.74. The van der Waals surface area contributed by atoms with Crippen molar-refractivity contribution >= 4 is 11.4 Å². The standard InChI is InChI=1S/C11H14N3/c1-9-8-10(13-12)4-5-11(9)14-6-2-3-7-14/h4-5,8H,2-3,6-7H2,1H3/q+1. The average Bonchev–Trinajstić information content (AvgIpc) is 2.70. The van der Waals surface area contributed by atoms with E-state index in [1.807, 2.05) is 18.2 Å². The Bertz CT molecular complexity index is 373. The second-order valence-corrected chi connectivity index (χ2v) is 3.76. The smallest absolute Gasteiger partial charge is 0.371 e. The minimum Gasteiger partial charge on any atom is -0.371 e. The lowest BCUT2D eigenvalue weighted by Crippen LogP contribution is -2.18. The van der Waals surface area contributed by atoms with Crippen molar-refractivity contribution < 1.29 is 0 Å². The predicted octanol–water partition coefficient (Wildman–Crippen LogP) is 3.08. The Morgan fingerprint density at radius 2 is 2.00 bits per heavy atom. The van der Waals surface area contributed by atoms with Gasteiger partial charge in [-0.05, 0) is 31.4 Å². The van der Waals surface area contributed by atoms with Gasteiger partial charge in [0.2, 0.25) is 5.39 Å². The number of nitrogens with zero attached hydrogens (tertiary/aromatic N) is 3. The van der Waals surface area contributed by atoms with E-state index < -0.39 is 0 Å². The van der Waals surface area contributed by atoms with Gasteiger partial charge in [0.1, 0.15) is 0 Å². The number of aryl methyl sites for hydroxylation is 1. The highest BCUT2D eigenvalue weighted by Gasteiger charge is 2.16. The van der Waals surface area contributed by atoms with E-state index in [0.717, 1.165) is 13.1 Å². The van der Waals surface area contributed by atoms with Crippen molar-refractivity contribution in [3.05, 3.63) is 28.7 Å². The van der Waals surface area contributed by atoms with E-state index in [-0.39, 0.29) is 0 Å². The normalized spacial score (nSPS) is 15.6. The van der Waals surface area contributed by atoms with Crippen molar-refractivity contribution in [2.45, 2.75) is 19.8 Å². The van der Waals surface area contributed by atoms with Gasteiger partial charge in [-0.2, -0.15) is 0 Å². The van der Waals surface area contributed by atoms with Crippen molar-refractivity contribution in [3.63, 3.8) is 0 Å². The summed E-state index contributed by atoms with van der Waals surface area (Å²) < 4.78 is 0. The van der Waals surface area contributed by atoms with Gasteiger partial charge in [0.15, 0.2) is 4.98 Å².